The van der Waals surface area contributed by atoms with E-state index in [1.807, 2.05) is 18.2 Å². The number of nitrogens with zero attached hydrogens (tertiary/aromatic N) is 2. The van der Waals surface area contributed by atoms with Crippen LogP contribution in [0, 0.1) is 0 Å². The van der Waals surface area contributed by atoms with E-state index in [1.54, 1.807) is 13.1 Å². The smallest absolute Gasteiger partial charge is 0.231 e. The van der Waals surface area contributed by atoms with E-state index in [4.69, 9.17) is 13.6 Å². The molecule has 0 spiro atoms. The minimum Gasteiger partial charge on any atom is -0.369 e. The molecule has 0 fully saturated rings. The van der Waals surface area contributed by atoms with E-state index in [0.717, 1.165) is 5.56 Å². The first kappa shape index (κ1) is 10.7. The zero-order chi connectivity index (χ0) is 11.7. The number of guanidine groups is 1. The zero-order valence-corrected chi connectivity index (χ0v) is 9.05. The van der Waals surface area contributed by atoms with Gasteiger partial charge >= 0.3 is 0 Å². The maximum Gasteiger partial charge on any atom is 0.231 e. The second kappa shape index (κ2) is 4.00. The van der Waals surface area contributed by atoms with Crippen LogP contribution in [-0.2, 0) is 4.79 Å². The molecule has 1 aliphatic heterocycles. The van der Waals surface area contributed by atoms with Gasteiger partial charge in [0.15, 0.2) is 5.96 Å². The number of carbonyl (C=O) groups is 1. The van der Waals surface area contributed by atoms with Gasteiger partial charge in [-0.3, -0.25) is 9.69 Å². The number of hydrogen-bond acceptors (Lipinski definition) is 3. The van der Waals surface area contributed by atoms with E-state index >= 15 is 0 Å². The summed E-state index contributed by atoms with van der Waals surface area (Å²) in [7, 11) is 7.31. The Bertz CT molecular complexity index is 458. The highest BCUT2D eigenvalue weighted by molar-refractivity contribution is 6.32. The van der Waals surface area contributed by atoms with Gasteiger partial charge in [-0.25, -0.2) is 4.99 Å². The standard InChI is InChI=1S/C11H12BN3O/c1-15-10(16)6-9(14-11(15)13)7-3-2-4-8(12)5-7/h2-5,9H,6H2,1H3,(H2,13,14)/t9-/m0/s1. The van der Waals surface area contributed by atoms with E-state index in [0.29, 0.717) is 11.9 Å². The quantitative estimate of drug-likeness (QED) is 0.651. The maximum absolute atomic E-state index is 11.6. The van der Waals surface area contributed by atoms with Gasteiger partial charge in [-0.15, -0.1) is 0 Å². The average Bonchev–Trinajstić information content (AvgIpc) is 2.25. The molecule has 2 N–H and O–H groups in total. The lowest BCUT2D eigenvalue weighted by Gasteiger charge is -2.25. The summed E-state index contributed by atoms with van der Waals surface area (Å²) in [6.45, 7) is 0. The van der Waals surface area contributed by atoms with Crippen LogP contribution in [0.25, 0.3) is 0 Å². The van der Waals surface area contributed by atoms with E-state index < -0.39 is 0 Å². The monoisotopic (exact) mass is 213 g/mol. The molecule has 0 aromatic heterocycles. The van der Waals surface area contributed by atoms with Crippen molar-refractivity contribution in [1.82, 2.24) is 4.90 Å². The molecule has 0 saturated heterocycles. The SMILES string of the molecule is [B]c1cccc([C@@H]2CC(=O)N(C)C(N)=N2)c1. The fraction of sp³-hybridized carbons (Fsp3) is 0.273. The second-order valence-corrected chi connectivity index (χ2v) is 3.83. The molecule has 0 saturated carbocycles. The van der Waals surface area contributed by atoms with Crippen molar-refractivity contribution in [1.29, 1.82) is 0 Å². The van der Waals surface area contributed by atoms with Crippen molar-refractivity contribution in [3.63, 3.8) is 0 Å². The molecule has 0 bridgehead atoms. The van der Waals surface area contributed by atoms with Gasteiger partial charge in [0.1, 0.15) is 7.85 Å². The zero-order valence-electron chi connectivity index (χ0n) is 9.05. The molecule has 0 unspecified atom stereocenters. The number of carbonyl (C=O) groups excluding carboxylic acids is 1. The molecule has 2 radical (unpaired) electrons. The summed E-state index contributed by atoms with van der Waals surface area (Å²) in [5.74, 6) is 0.226. The van der Waals surface area contributed by atoms with Gasteiger partial charge < -0.3 is 5.73 Å². The van der Waals surface area contributed by atoms with Crippen LogP contribution in [0.1, 0.15) is 18.0 Å². The van der Waals surface area contributed by atoms with Crippen LogP contribution in [0.3, 0.4) is 0 Å². The van der Waals surface area contributed by atoms with Crippen molar-refractivity contribution in [2.45, 2.75) is 12.5 Å². The van der Waals surface area contributed by atoms with Crippen LogP contribution in [0.2, 0.25) is 0 Å². The van der Waals surface area contributed by atoms with E-state index in [-0.39, 0.29) is 17.9 Å². The molecule has 16 heavy (non-hydrogen) atoms. The molecule has 1 aliphatic rings. The third-order valence-electron chi connectivity index (χ3n) is 2.67. The number of amides is 1. The molecule has 2 rings (SSSR count). The van der Waals surface area contributed by atoms with Crippen LogP contribution in [-0.4, -0.2) is 31.7 Å². The van der Waals surface area contributed by atoms with Crippen molar-refractivity contribution in [2.75, 3.05) is 7.05 Å². The molecule has 80 valence electrons. The fourth-order valence-corrected chi connectivity index (χ4v) is 1.68. The lowest BCUT2D eigenvalue weighted by atomic mass is 9.91. The van der Waals surface area contributed by atoms with Gasteiger partial charge in [-0.2, -0.15) is 0 Å². The highest BCUT2D eigenvalue weighted by Gasteiger charge is 2.25. The predicted molar refractivity (Wildman–Crippen MR) is 63.6 cm³/mol. The summed E-state index contributed by atoms with van der Waals surface area (Å²) in [5.41, 5.74) is 7.24. The number of hydrogen-bond donors (Lipinski definition) is 1. The number of nitrogens with two attached hydrogens (primary N) is 1. The van der Waals surface area contributed by atoms with Gasteiger partial charge in [-0.1, -0.05) is 29.7 Å². The molecule has 1 atom stereocenters. The summed E-state index contributed by atoms with van der Waals surface area (Å²) in [4.78, 5) is 17.2. The van der Waals surface area contributed by atoms with Gasteiger partial charge in [-0.05, 0) is 5.56 Å². The van der Waals surface area contributed by atoms with Crippen LogP contribution in [0.5, 0.6) is 0 Å². The summed E-state index contributed by atoms with van der Waals surface area (Å²) >= 11 is 0. The van der Waals surface area contributed by atoms with Crippen molar-refractivity contribution in [3.05, 3.63) is 29.8 Å². The Hall–Kier alpha value is -1.78. The molecule has 1 heterocycles. The van der Waals surface area contributed by atoms with Crippen molar-refractivity contribution in [2.24, 2.45) is 10.7 Å². The highest BCUT2D eigenvalue weighted by atomic mass is 16.2. The Kier molecular flexibility index (Phi) is 2.68. The summed E-state index contributed by atoms with van der Waals surface area (Å²) in [5, 5.41) is 0. The van der Waals surface area contributed by atoms with E-state index in [1.165, 1.54) is 4.90 Å². The molecule has 1 amide bonds. The fourth-order valence-electron chi connectivity index (χ4n) is 1.68. The van der Waals surface area contributed by atoms with Gasteiger partial charge in [0.25, 0.3) is 0 Å². The molecule has 5 heteroatoms. The van der Waals surface area contributed by atoms with Gasteiger partial charge in [0, 0.05) is 7.05 Å². The van der Waals surface area contributed by atoms with E-state index in [9.17, 15) is 4.79 Å². The largest absolute Gasteiger partial charge is 0.369 e. The second-order valence-electron chi connectivity index (χ2n) is 3.83. The Morgan fingerprint density at radius 3 is 2.94 bits per heavy atom. The van der Waals surface area contributed by atoms with Crippen LogP contribution < -0.4 is 11.2 Å². The lowest BCUT2D eigenvalue weighted by molar-refractivity contribution is -0.127. The first-order valence-electron chi connectivity index (χ1n) is 5.03. The first-order valence-corrected chi connectivity index (χ1v) is 5.03. The summed E-state index contributed by atoms with van der Waals surface area (Å²) < 4.78 is 0. The Labute approximate surface area is 95.6 Å². The molecule has 4 nitrogen and oxygen atoms in total. The molecule has 0 aliphatic carbocycles. The van der Waals surface area contributed by atoms with Crippen molar-refractivity contribution >= 4 is 25.2 Å². The third kappa shape index (κ3) is 1.93. The Morgan fingerprint density at radius 1 is 1.56 bits per heavy atom. The van der Waals surface area contributed by atoms with Gasteiger partial charge in [0.05, 0.1) is 12.5 Å². The van der Waals surface area contributed by atoms with Gasteiger partial charge in [0.2, 0.25) is 5.91 Å². The summed E-state index contributed by atoms with van der Waals surface area (Å²) in [6.07, 6.45) is 0.334. The predicted octanol–water partition coefficient (Wildman–Crippen LogP) is -0.302. The van der Waals surface area contributed by atoms with Crippen molar-refractivity contribution in [3.8, 4) is 0 Å². The lowest BCUT2D eigenvalue weighted by Crippen LogP contribution is -2.42. The normalized spacial score (nSPS) is 20.8. The Balaban J connectivity index is 2.33. The van der Waals surface area contributed by atoms with Crippen LogP contribution >= 0.6 is 0 Å². The van der Waals surface area contributed by atoms with E-state index in [2.05, 4.69) is 4.99 Å². The minimum absolute atomic E-state index is 0.0278. The molecular formula is C11H12BN3O. The maximum atomic E-state index is 11.6. The summed E-state index contributed by atoms with van der Waals surface area (Å²) in [6, 6.07) is 7.15. The topological polar surface area (TPSA) is 58.7 Å². The molecule has 1 aromatic carbocycles. The molecular weight excluding hydrogens is 201 g/mol. The van der Waals surface area contributed by atoms with Crippen LogP contribution in [0.4, 0.5) is 0 Å². The first-order chi connectivity index (χ1) is 7.58. The highest BCUT2D eigenvalue weighted by Crippen LogP contribution is 2.24. The number of rotatable bonds is 1. The van der Waals surface area contributed by atoms with Crippen molar-refractivity contribution < 1.29 is 4.79 Å². The average molecular weight is 213 g/mol. The van der Waals surface area contributed by atoms with Crippen LogP contribution in [0.15, 0.2) is 29.3 Å². The number of aliphatic imine (C=N–C) groups is 1. The molecule has 1 aromatic rings. The number of benzene rings is 1. The minimum atomic E-state index is -0.216. The Morgan fingerprint density at radius 2 is 2.31 bits per heavy atom. The third-order valence-corrected chi connectivity index (χ3v) is 2.67.